The van der Waals surface area contributed by atoms with Crippen molar-refractivity contribution in [3.8, 4) is 5.75 Å². The number of ether oxygens (including phenoxy) is 1. The highest BCUT2D eigenvalue weighted by atomic mass is 16.6. The maximum atomic E-state index is 12.3. The smallest absolute Gasteiger partial charge is 0.273 e. The molecule has 1 amide bonds. The summed E-state index contributed by atoms with van der Waals surface area (Å²) in [6, 6.07) is 11.3. The third-order valence-electron chi connectivity index (χ3n) is 3.23. The van der Waals surface area contributed by atoms with E-state index in [1.807, 2.05) is 0 Å². The van der Waals surface area contributed by atoms with Gasteiger partial charge >= 0.3 is 0 Å². The van der Waals surface area contributed by atoms with Crippen LogP contribution in [0.5, 0.6) is 5.75 Å². The van der Waals surface area contributed by atoms with Crippen LogP contribution in [0.15, 0.2) is 55.1 Å². The van der Waals surface area contributed by atoms with Gasteiger partial charge in [0.05, 0.1) is 4.92 Å². The van der Waals surface area contributed by atoms with Gasteiger partial charge in [0.25, 0.3) is 11.6 Å². The van der Waals surface area contributed by atoms with E-state index in [1.165, 1.54) is 12.1 Å². The lowest BCUT2D eigenvalue weighted by molar-refractivity contribution is -0.385. The highest BCUT2D eigenvalue weighted by Crippen LogP contribution is 2.22. The second kappa shape index (κ2) is 7.22. The molecule has 6 heteroatoms. The second-order valence-electron chi connectivity index (χ2n) is 4.78. The number of benzene rings is 2. The topological polar surface area (TPSA) is 81.5 Å². The van der Waals surface area contributed by atoms with Crippen molar-refractivity contribution in [1.29, 1.82) is 0 Å². The number of carbonyl (C=O) groups is 1. The van der Waals surface area contributed by atoms with Gasteiger partial charge in [-0.15, -0.1) is 0 Å². The van der Waals surface area contributed by atoms with E-state index in [-0.39, 0.29) is 11.3 Å². The van der Waals surface area contributed by atoms with Crippen LogP contribution in [0.4, 0.5) is 11.4 Å². The van der Waals surface area contributed by atoms with E-state index >= 15 is 0 Å². The van der Waals surface area contributed by atoms with Crippen molar-refractivity contribution in [2.45, 2.75) is 6.92 Å². The quantitative estimate of drug-likeness (QED) is 0.500. The Balaban J connectivity index is 2.14. The van der Waals surface area contributed by atoms with Crippen LogP contribution in [0.2, 0.25) is 0 Å². The van der Waals surface area contributed by atoms with Crippen LogP contribution in [0, 0.1) is 17.0 Å². The second-order valence-corrected chi connectivity index (χ2v) is 4.78. The zero-order chi connectivity index (χ0) is 16.8. The Morgan fingerprint density at radius 3 is 2.61 bits per heavy atom. The summed E-state index contributed by atoms with van der Waals surface area (Å²) >= 11 is 0. The number of nitro groups is 1. The number of nitro benzene ring substituents is 1. The summed E-state index contributed by atoms with van der Waals surface area (Å²) in [6.45, 7) is 5.52. The molecule has 0 radical (unpaired) electrons. The van der Waals surface area contributed by atoms with E-state index in [2.05, 4.69) is 11.9 Å². The Morgan fingerprint density at radius 1 is 1.30 bits per heavy atom. The molecule has 0 saturated carbocycles. The van der Waals surface area contributed by atoms with Gasteiger partial charge in [-0.2, -0.15) is 0 Å². The lowest BCUT2D eigenvalue weighted by Crippen LogP contribution is -2.14. The summed E-state index contributed by atoms with van der Waals surface area (Å²) in [5.74, 6) is 0.264. The number of hydrogen-bond donors (Lipinski definition) is 1. The van der Waals surface area contributed by atoms with Gasteiger partial charge in [0.2, 0.25) is 0 Å². The predicted octanol–water partition coefficient (Wildman–Crippen LogP) is 3.72. The monoisotopic (exact) mass is 312 g/mol. The summed E-state index contributed by atoms with van der Waals surface area (Å²) in [6.07, 6.45) is 1.64. The highest BCUT2D eigenvalue weighted by Gasteiger charge is 2.17. The van der Waals surface area contributed by atoms with Crippen LogP contribution in [-0.4, -0.2) is 17.4 Å². The highest BCUT2D eigenvalue weighted by molar-refractivity contribution is 6.05. The number of nitrogens with zero attached hydrogens (tertiary/aromatic N) is 1. The Hall–Kier alpha value is -3.15. The van der Waals surface area contributed by atoms with E-state index in [0.717, 1.165) is 0 Å². The molecule has 23 heavy (non-hydrogen) atoms. The number of carbonyl (C=O) groups excluding carboxylic acids is 1. The maximum Gasteiger partial charge on any atom is 0.273 e. The van der Waals surface area contributed by atoms with Gasteiger partial charge in [-0.05, 0) is 37.3 Å². The minimum atomic E-state index is -0.502. The van der Waals surface area contributed by atoms with E-state index in [4.69, 9.17) is 4.74 Å². The standard InChI is InChI=1S/C17H16N2O4/c1-3-11-23-14-9-7-13(8-10-14)18-17(20)15-5-4-6-16(12(15)2)19(21)22/h3-10H,1,11H2,2H3,(H,18,20). The van der Waals surface area contributed by atoms with Crippen molar-refractivity contribution in [3.05, 3.63) is 76.4 Å². The third kappa shape index (κ3) is 3.94. The minimum absolute atomic E-state index is 0.0779. The van der Waals surface area contributed by atoms with Gasteiger partial charge in [-0.3, -0.25) is 14.9 Å². The molecule has 0 saturated heterocycles. The Bertz CT molecular complexity index is 739. The molecular formula is C17H16N2O4. The number of amides is 1. The summed E-state index contributed by atoms with van der Waals surface area (Å²) in [7, 11) is 0. The number of hydrogen-bond acceptors (Lipinski definition) is 4. The fraction of sp³-hybridized carbons (Fsp3) is 0.118. The molecule has 6 nitrogen and oxygen atoms in total. The Labute approximate surface area is 133 Å². The number of anilines is 1. The first kappa shape index (κ1) is 16.2. The molecule has 0 heterocycles. The van der Waals surface area contributed by atoms with Crippen molar-refractivity contribution in [1.82, 2.24) is 0 Å². The zero-order valence-electron chi connectivity index (χ0n) is 12.6. The molecule has 0 bridgehead atoms. The average Bonchev–Trinajstić information content (AvgIpc) is 2.54. The van der Waals surface area contributed by atoms with Gasteiger partial charge in [0.1, 0.15) is 12.4 Å². The lowest BCUT2D eigenvalue weighted by atomic mass is 10.1. The molecule has 0 spiro atoms. The lowest BCUT2D eigenvalue weighted by Gasteiger charge is -2.09. The SMILES string of the molecule is C=CCOc1ccc(NC(=O)c2cccc([N+](=O)[O-])c2C)cc1. The van der Waals surface area contributed by atoms with Crippen molar-refractivity contribution < 1.29 is 14.5 Å². The molecule has 2 rings (SSSR count). The van der Waals surface area contributed by atoms with Gasteiger partial charge < -0.3 is 10.1 Å². The van der Waals surface area contributed by atoms with Crippen molar-refractivity contribution in [3.63, 3.8) is 0 Å². The molecule has 2 aromatic carbocycles. The first-order valence-corrected chi connectivity index (χ1v) is 6.92. The van der Waals surface area contributed by atoms with E-state index in [9.17, 15) is 14.9 Å². The van der Waals surface area contributed by atoms with Gasteiger partial charge in [-0.1, -0.05) is 18.7 Å². The van der Waals surface area contributed by atoms with Crippen LogP contribution in [0.3, 0.4) is 0 Å². The number of rotatable bonds is 6. The van der Waals surface area contributed by atoms with E-state index < -0.39 is 10.8 Å². The molecule has 0 aromatic heterocycles. The molecule has 0 atom stereocenters. The van der Waals surface area contributed by atoms with Crippen molar-refractivity contribution in [2.24, 2.45) is 0 Å². The van der Waals surface area contributed by atoms with Crippen molar-refractivity contribution in [2.75, 3.05) is 11.9 Å². The van der Waals surface area contributed by atoms with E-state index in [0.29, 0.717) is 23.6 Å². The molecular weight excluding hydrogens is 296 g/mol. The summed E-state index contributed by atoms with van der Waals surface area (Å²) in [4.78, 5) is 22.7. The largest absolute Gasteiger partial charge is 0.490 e. The Morgan fingerprint density at radius 2 is 2.00 bits per heavy atom. The van der Waals surface area contributed by atoms with Crippen LogP contribution < -0.4 is 10.1 Å². The number of nitrogens with one attached hydrogen (secondary N) is 1. The first-order chi connectivity index (χ1) is 11.0. The van der Waals surface area contributed by atoms with Crippen LogP contribution in [0.25, 0.3) is 0 Å². The molecule has 118 valence electrons. The predicted molar refractivity (Wildman–Crippen MR) is 87.9 cm³/mol. The van der Waals surface area contributed by atoms with Gasteiger partial charge in [0, 0.05) is 22.9 Å². The summed E-state index contributed by atoms with van der Waals surface area (Å²) in [5.41, 5.74) is 1.10. The maximum absolute atomic E-state index is 12.3. The van der Waals surface area contributed by atoms with Crippen LogP contribution in [0.1, 0.15) is 15.9 Å². The molecule has 2 aromatic rings. The molecule has 0 unspecified atom stereocenters. The summed E-state index contributed by atoms with van der Waals surface area (Å²) < 4.78 is 5.36. The fourth-order valence-corrected chi connectivity index (χ4v) is 2.06. The zero-order valence-corrected chi connectivity index (χ0v) is 12.6. The fourth-order valence-electron chi connectivity index (χ4n) is 2.06. The van der Waals surface area contributed by atoms with Crippen LogP contribution >= 0.6 is 0 Å². The normalized spacial score (nSPS) is 9.96. The van der Waals surface area contributed by atoms with Gasteiger partial charge in [0.15, 0.2) is 0 Å². The molecule has 0 aliphatic heterocycles. The molecule has 0 aliphatic rings. The van der Waals surface area contributed by atoms with Crippen LogP contribution in [-0.2, 0) is 0 Å². The third-order valence-corrected chi connectivity index (χ3v) is 3.23. The minimum Gasteiger partial charge on any atom is -0.490 e. The van der Waals surface area contributed by atoms with Gasteiger partial charge in [-0.25, -0.2) is 0 Å². The Kier molecular flexibility index (Phi) is 5.09. The average molecular weight is 312 g/mol. The van der Waals surface area contributed by atoms with Crippen molar-refractivity contribution >= 4 is 17.3 Å². The molecule has 0 fully saturated rings. The van der Waals surface area contributed by atoms with E-state index in [1.54, 1.807) is 43.3 Å². The molecule has 1 N–H and O–H groups in total. The molecule has 0 aliphatic carbocycles. The first-order valence-electron chi connectivity index (χ1n) is 6.92. The summed E-state index contributed by atoms with van der Waals surface area (Å²) in [5, 5.41) is 13.6.